The Morgan fingerprint density at radius 1 is 1.33 bits per heavy atom. The standard InChI is InChI=1S/C21H29N3O3/c1-2-20(18-8-7-16-5-3-4-6-17(16)13-18)24-21(26)19(14-22)15-23-9-11-27-12-10-25/h7-8,13,15,20,23,25H,2-6,9-12H2,1H3,(H,24,26)/b19-15-. The number of nitriles is 1. The van der Waals surface area contributed by atoms with Gasteiger partial charge in [-0.15, -0.1) is 0 Å². The van der Waals surface area contributed by atoms with Crippen LogP contribution in [-0.2, 0) is 22.4 Å². The van der Waals surface area contributed by atoms with Crippen LogP contribution >= 0.6 is 0 Å². The van der Waals surface area contributed by atoms with Crippen LogP contribution in [0.1, 0.15) is 48.9 Å². The maximum absolute atomic E-state index is 12.5. The lowest BCUT2D eigenvalue weighted by Gasteiger charge is -2.21. The average molecular weight is 371 g/mol. The van der Waals surface area contributed by atoms with E-state index in [2.05, 4.69) is 28.8 Å². The minimum absolute atomic E-state index is 0.0250. The fourth-order valence-corrected chi connectivity index (χ4v) is 3.25. The molecule has 0 aromatic heterocycles. The molecule has 0 heterocycles. The van der Waals surface area contributed by atoms with Crippen molar-refractivity contribution in [2.75, 3.05) is 26.4 Å². The van der Waals surface area contributed by atoms with E-state index in [1.807, 2.05) is 13.0 Å². The van der Waals surface area contributed by atoms with Crippen LogP contribution in [-0.4, -0.2) is 37.4 Å². The summed E-state index contributed by atoms with van der Waals surface area (Å²) >= 11 is 0. The summed E-state index contributed by atoms with van der Waals surface area (Å²) in [5.41, 5.74) is 3.92. The van der Waals surface area contributed by atoms with Gasteiger partial charge in [0.05, 0.1) is 25.9 Å². The number of aliphatic hydroxyl groups is 1. The zero-order chi connectivity index (χ0) is 19.5. The Hall–Kier alpha value is -2.36. The van der Waals surface area contributed by atoms with Gasteiger partial charge in [0.2, 0.25) is 0 Å². The molecule has 1 aliphatic carbocycles. The molecule has 1 amide bonds. The monoisotopic (exact) mass is 371 g/mol. The third-order valence-electron chi connectivity index (χ3n) is 4.73. The lowest BCUT2D eigenvalue weighted by Crippen LogP contribution is -2.30. The normalized spacial score (nSPS) is 14.8. The van der Waals surface area contributed by atoms with Crippen molar-refractivity contribution in [1.29, 1.82) is 5.26 Å². The summed E-state index contributed by atoms with van der Waals surface area (Å²) in [6.45, 7) is 3.13. The molecule has 6 nitrogen and oxygen atoms in total. The van der Waals surface area contributed by atoms with Gasteiger partial charge < -0.3 is 20.5 Å². The van der Waals surface area contributed by atoms with E-state index >= 15 is 0 Å². The fraction of sp³-hybridized carbons (Fsp3) is 0.524. The number of hydrogen-bond donors (Lipinski definition) is 3. The zero-order valence-corrected chi connectivity index (χ0v) is 16.0. The van der Waals surface area contributed by atoms with Gasteiger partial charge in [0, 0.05) is 12.7 Å². The highest BCUT2D eigenvalue weighted by atomic mass is 16.5. The third-order valence-corrected chi connectivity index (χ3v) is 4.73. The van der Waals surface area contributed by atoms with Gasteiger partial charge >= 0.3 is 0 Å². The molecule has 3 N–H and O–H groups in total. The number of nitrogens with one attached hydrogen (secondary N) is 2. The predicted octanol–water partition coefficient (Wildman–Crippen LogP) is 2.14. The molecule has 0 saturated heterocycles. The number of benzene rings is 1. The Labute approximate surface area is 161 Å². The first-order valence-electron chi connectivity index (χ1n) is 9.64. The molecular weight excluding hydrogens is 342 g/mol. The molecule has 27 heavy (non-hydrogen) atoms. The van der Waals surface area contributed by atoms with E-state index in [4.69, 9.17) is 9.84 Å². The van der Waals surface area contributed by atoms with E-state index < -0.39 is 0 Å². The second-order valence-electron chi connectivity index (χ2n) is 6.63. The number of aliphatic hydroxyl groups excluding tert-OH is 1. The van der Waals surface area contributed by atoms with Crippen molar-refractivity contribution in [2.24, 2.45) is 0 Å². The summed E-state index contributed by atoms with van der Waals surface area (Å²) in [4.78, 5) is 12.5. The largest absolute Gasteiger partial charge is 0.394 e. The molecule has 0 spiro atoms. The van der Waals surface area contributed by atoms with Crippen molar-refractivity contribution >= 4 is 5.91 Å². The molecule has 0 saturated carbocycles. The van der Waals surface area contributed by atoms with Gasteiger partial charge in [-0.1, -0.05) is 25.1 Å². The molecular formula is C21H29N3O3. The van der Waals surface area contributed by atoms with Gasteiger partial charge in [-0.05, 0) is 48.8 Å². The van der Waals surface area contributed by atoms with Gasteiger partial charge in [0.25, 0.3) is 5.91 Å². The van der Waals surface area contributed by atoms with Crippen molar-refractivity contribution < 1.29 is 14.6 Å². The van der Waals surface area contributed by atoms with Crippen molar-refractivity contribution in [3.63, 3.8) is 0 Å². The number of aryl methyl sites for hydroxylation is 2. The number of carbonyl (C=O) groups excluding carboxylic acids is 1. The topological polar surface area (TPSA) is 94.4 Å². The highest BCUT2D eigenvalue weighted by Gasteiger charge is 2.18. The Balaban J connectivity index is 1.95. The molecule has 1 atom stereocenters. The number of amides is 1. The molecule has 1 aromatic carbocycles. The maximum atomic E-state index is 12.5. The van der Waals surface area contributed by atoms with E-state index in [9.17, 15) is 10.1 Å². The number of carbonyl (C=O) groups is 1. The van der Waals surface area contributed by atoms with Crippen LogP contribution in [0.25, 0.3) is 0 Å². The van der Waals surface area contributed by atoms with Crippen molar-refractivity contribution in [2.45, 2.75) is 45.1 Å². The number of fused-ring (bicyclic) bond motifs is 1. The highest BCUT2D eigenvalue weighted by molar-refractivity contribution is 5.97. The lowest BCUT2D eigenvalue weighted by molar-refractivity contribution is -0.117. The van der Waals surface area contributed by atoms with E-state index in [-0.39, 0.29) is 30.7 Å². The fourth-order valence-electron chi connectivity index (χ4n) is 3.25. The van der Waals surface area contributed by atoms with Crippen LogP contribution in [0.3, 0.4) is 0 Å². The average Bonchev–Trinajstić information content (AvgIpc) is 2.71. The summed E-state index contributed by atoms with van der Waals surface area (Å²) < 4.78 is 5.12. The van der Waals surface area contributed by atoms with Crippen LogP contribution < -0.4 is 10.6 Å². The Morgan fingerprint density at radius 3 is 2.81 bits per heavy atom. The van der Waals surface area contributed by atoms with Crippen LogP contribution in [0.15, 0.2) is 30.0 Å². The highest BCUT2D eigenvalue weighted by Crippen LogP contribution is 2.26. The van der Waals surface area contributed by atoms with Crippen molar-refractivity contribution in [3.8, 4) is 6.07 Å². The Kier molecular flexibility index (Phi) is 8.82. The SMILES string of the molecule is CCC(NC(=O)/C(C#N)=C\NCCOCCO)c1ccc2c(c1)CCCC2. The van der Waals surface area contributed by atoms with E-state index in [0.717, 1.165) is 24.8 Å². The quantitative estimate of drug-likeness (QED) is 0.333. The van der Waals surface area contributed by atoms with Crippen LogP contribution in [0.2, 0.25) is 0 Å². The Bertz CT molecular complexity index is 694. The van der Waals surface area contributed by atoms with Gasteiger partial charge in [-0.2, -0.15) is 5.26 Å². The van der Waals surface area contributed by atoms with Crippen LogP contribution in [0.4, 0.5) is 0 Å². The molecule has 6 heteroatoms. The van der Waals surface area contributed by atoms with Crippen molar-refractivity contribution in [3.05, 3.63) is 46.7 Å². The van der Waals surface area contributed by atoms with E-state index in [0.29, 0.717) is 13.2 Å². The molecule has 0 bridgehead atoms. The first kappa shape index (κ1) is 20.9. The Morgan fingerprint density at radius 2 is 2.11 bits per heavy atom. The molecule has 1 aliphatic rings. The molecule has 0 fully saturated rings. The minimum Gasteiger partial charge on any atom is -0.394 e. The van der Waals surface area contributed by atoms with Gasteiger partial charge in [-0.25, -0.2) is 0 Å². The smallest absolute Gasteiger partial charge is 0.263 e. The van der Waals surface area contributed by atoms with Crippen molar-refractivity contribution in [1.82, 2.24) is 10.6 Å². The first-order valence-corrected chi connectivity index (χ1v) is 9.64. The summed E-state index contributed by atoms with van der Waals surface area (Å²) in [6.07, 6.45) is 6.86. The maximum Gasteiger partial charge on any atom is 0.263 e. The lowest BCUT2D eigenvalue weighted by atomic mass is 9.88. The second-order valence-corrected chi connectivity index (χ2v) is 6.63. The second kappa shape index (κ2) is 11.4. The predicted molar refractivity (Wildman–Crippen MR) is 104 cm³/mol. The number of hydrogen-bond acceptors (Lipinski definition) is 5. The molecule has 0 aliphatic heterocycles. The van der Waals surface area contributed by atoms with Gasteiger partial charge in [0.15, 0.2) is 0 Å². The summed E-state index contributed by atoms with van der Waals surface area (Å²) in [5, 5.41) is 23.8. The van der Waals surface area contributed by atoms with E-state index in [1.165, 1.54) is 30.2 Å². The molecule has 2 rings (SSSR count). The zero-order valence-electron chi connectivity index (χ0n) is 16.0. The third kappa shape index (κ3) is 6.38. The number of rotatable bonds is 10. The van der Waals surface area contributed by atoms with E-state index in [1.54, 1.807) is 0 Å². The number of ether oxygens (including phenoxy) is 1. The minimum atomic E-state index is -0.383. The molecule has 1 unspecified atom stereocenters. The van der Waals surface area contributed by atoms with Crippen LogP contribution in [0.5, 0.6) is 0 Å². The summed E-state index contributed by atoms with van der Waals surface area (Å²) in [7, 11) is 0. The van der Waals surface area contributed by atoms with Gasteiger partial charge in [0.1, 0.15) is 11.6 Å². The number of nitrogens with zero attached hydrogens (tertiary/aromatic N) is 1. The first-order chi connectivity index (χ1) is 13.2. The molecule has 146 valence electrons. The molecule has 1 aromatic rings. The van der Waals surface area contributed by atoms with Crippen LogP contribution in [0, 0.1) is 11.3 Å². The van der Waals surface area contributed by atoms with Gasteiger partial charge in [-0.3, -0.25) is 4.79 Å². The molecule has 0 radical (unpaired) electrons. The summed E-state index contributed by atoms with van der Waals surface area (Å²) in [5.74, 6) is -0.383. The summed E-state index contributed by atoms with van der Waals surface area (Å²) in [6, 6.07) is 8.29.